The molecule has 0 amide bonds. The smallest absolute Gasteiger partial charge is 0.222 e. The van der Waals surface area contributed by atoms with Gasteiger partial charge < -0.3 is 4.42 Å². The molecule has 0 bridgehead atoms. The third-order valence-electron chi connectivity index (χ3n) is 11.0. The Balaban J connectivity index is 1.25. The van der Waals surface area contributed by atoms with Crippen molar-refractivity contribution < 1.29 is 13.6 Å². The highest BCUT2D eigenvalue weighted by atomic mass is 16.3. The summed E-state index contributed by atoms with van der Waals surface area (Å²) >= 11 is 0. The lowest BCUT2D eigenvalue weighted by Crippen LogP contribution is -2.50. The van der Waals surface area contributed by atoms with Crippen LogP contribution in [0.4, 0.5) is 0 Å². The lowest BCUT2D eigenvalue weighted by Gasteiger charge is -2.32. The fourth-order valence-corrected chi connectivity index (χ4v) is 8.42. The van der Waals surface area contributed by atoms with Gasteiger partial charge >= 0.3 is 0 Å². The average molecular weight is 650 g/mol. The molecular formula is C46H39N3O+2. The number of aromatic nitrogens is 2. The number of hydrogen-bond donors (Lipinski definition) is 0. The Hall–Kier alpha value is -5.79. The number of para-hydroxylation sites is 1. The van der Waals surface area contributed by atoms with E-state index in [2.05, 4.69) is 133 Å². The fourth-order valence-electron chi connectivity index (χ4n) is 8.42. The number of aryl methyl sites for hydroxylation is 1. The maximum absolute atomic E-state index is 9.38. The van der Waals surface area contributed by atoms with E-state index < -0.39 is 0 Å². The van der Waals surface area contributed by atoms with E-state index in [0.717, 1.165) is 69.3 Å². The fraction of sp³-hybridized carbons (Fsp3) is 0.196. The van der Waals surface area contributed by atoms with E-state index in [-0.39, 0.29) is 11.5 Å². The largest absolute Gasteiger partial charge is 0.454 e. The summed E-state index contributed by atoms with van der Waals surface area (Å²) in [7, 11) is 0. The molecule has 50 heavy (non-hydrogen) atoms. The first-order valence-electron chi connectivity index (χ1n) is 17.6. The SMILES string of the molecule is C=C1CC2C(CCc3ccc4c(oc5c(-c6ccc(C#N)cc6)cccc54)c3-c3cccc[n+]31)c1ccccc1-c1ccc(C(C)(C)C)c[n+]12. The second-order valence-electron chi connectivity index (χ2n) is 14.9. The lowest BCUT2D eigenvalue weighted by molar-refractivity contribution is -0.720. The summed E-state index contributed by atoms with van der Waals surface area (Å²) in [5, 5.41) is 11.6. The van der Waals surface area contributed by atoms with Crippen LogP contribution in [0.5, 0.6) is 0 Å². The van der Waals surface area contributed by atoms with Crippen molar-refractivity contribution in [2.45, 2.75) is 57.4 Å². The second-order valence-corrected chi connectivity index (χ2v) is 14.9. The number of furan rings is 1. The normalized spacial score (nSPS) is 16.9. The third kappa shape index (κ3) is 4.72. The van der Waals surface area contributed by atoms with E-state index in [1.54, 1.807) is 0 Å². The Kier molecular flexibility index (Phi) is 6.90. The van der Waals surface area contributed by atoms with Crippen molar-refractivity contribution in [3.8, 4) is 39.7 Å². The van der Waals surface area contributed by atoms with Crippen molar-refractivity contribution in [1.82, 2.24) is 0 Å². The van der Waals surface area contributed by atoms with Gasteiger partial charge in [-0.3, -0.25) is 0 Å². The molecule has 4 aromatic carbocycles. The number of fused-ring (bicyclic) bond motifs is 13. The number of pyridine rings is 2. The minimum absolute atomic E-state index is 0.0414. The predicted molar refractivity (Wildman–Crippen MR) is 200 cm³/mol. The Labute approximate surface area is 293 Å². The van der Waals surface area contributed by atoms with Crippen LogP contribution in [0.25, 0.3) is 61.3 Å². The van der Waals surface area contributed by atoms with Gasteiger partial charge in [0.25, 0.3) is 0 Å². The topological polar surface area (TPSA) is 44.7 Å². The highest BCUT2D eigenvalue weighted by Gasteiger charge is 2.43. The molecule has 2 aliphatic heterocycles. The molecule has 0 saturated heterocycles. The van der Waals surface area contributed by atoms with Crippen molar-refractivity contribution in [2.75, 3.05) is 0 Å². The standard InChI is InChI=1S/C46H39N3O/c1-29-26-42-37(35-10-5-6-11-36(35)40-24-21-33(28-49(40)42)46(2,3)4)22-19-32-20-23-39-38-13-9-12-34(31-17-15-30(27-47)16-18-31)44(38)50-45(39)43(32)41-14-7-8-25-48(29)41/h5-18,20-21,23-25,28,37,42H,1,19,22,26H2,2-4H3/q+2. The summed E-state index contributed by atoms with van der Waals surface area (Å²) in [6.45, 7) is 11.7. The number of allylic oxidation sites excluding steroid dienone is 1. The molecule has 5 heterocycles. The molecule has 2 unspecified atom stereocenters. The molecule has 4 heteroatoms. The Morgan fingerprint density at radius 2 is 1.56 bits per heavy atom. The molecule has 0 fully saturated rings. The first-order valence-corrected chi connectivity index (χ1v) is 17.6. The van der Waals surface area contributed by atoms with Crippen LogP contribution in [0.1, 0.15) is 67.8 Å². The van der Waals surface area contributed by atoms with Crippen LogP contribution in [-0.4, -0.2) is 0 Å². The van der Waals surface area contributed by atoms with Gasteiger partial charge in [0.05, 0.1) is 23.6 Å². The molecule has 4 nitrogen and oxygen atoms in total. The molecule has 3 aromatic heterocycles. The molecule has 0 spiro atoms. The van der Waals surface area contributed by atoms with E-state index in [0.29, 0.717) is 11.5 Å². The van der Waals surface area contributed by atoms with Gasteiger partial charge in [-0.05, 0) is 71.9 Å². The van der Waals surface area contributed by atoms with Gasteiger partial charge in [-0.15, -0.1) is 0 Å². The molecule has 7 aromatic rings. The van der Waals surface area contributed by atoms with Crippen molar-refractivity contribution in [3.05, 3.63) is 150 Å². The molecule has 2 aliphatic rings. The molecule has 0 N–H and O–H groups in total. The maximum Gasteiger partial charge on any atom is 0.222 e. The summed E-state index contributed by atoms with van der Waals surface area (Å²) < 4.78 is 11.9. The Bertz CT molecular complexity index is 2540. The molecule has 0 radical (unpaired) electrons. The van der Waals surface area contributed by atoms with Crippen LogP contribution in [0.2, 0.25) is 0 Å². The van der Waals surface area contributed by atoms with Gasteiger partial charge in [-0.1, -0.05) is 81.4 Å². The first kappa shape index (κ1) is 30.3. The quantitative estimate of drug-likeness (QED) is 0.166. The summed E-state index contributed by atoms with van der Waals surface area (Å²) in [4.78, 5) is 0. The molecular weight excluding hydrogens is 611 g/mol. The first-order chi connectivity index (χ1) is 24.3. The number of benzene rings is 4. The van der Waals surface area contributed by atoms with Gasteiger partial charge in [-0.25, -0.2) is 0 Å². The second kappa shape index (κ2) is 11.4. The summed E-state index contributed by atoms with van der Waals surface area (Å²) in [6.07, 6.45) is 7.31. The predicted octanol–water partition coefficient (Wildman–Crippen LogP) is 10.5. The van der Waals surface area contributed by atoms with E-state index >= 15 is 0 Å². The number of nitriles is 1. The Morgan fingerprint density at radius 1 is 0.780 bits per heavy atom. The van der Waals surface area contributed by atoms with Crippen LogP contribution in [0.15, 0.2) is 133 Å². The van der Waals surface area contributed by atoms with Gasteiger partial charge in [-0.2, -0.15) is 14.4 Å². The summed E-state index contributed by atoms with van der Waals surface area (Å²) in [5.41, 5.74) is 14.5. The van der Waals surface area contributed by atoms with Crippen molar-refractivity contribution in [3.63, 3.8) is 0 Å². The Morgan fingerprint density at radius 3 is 2.38 bits per heavy atom. The molecule has 2 atom stereocenters. The van der Waals surface area contributed by atoms with Crippen LogP contribution < -0.4 is 9.13 Å². The average Bonchev–Trinajstić information content (AvgIpc) is 3.52. The van der Waals surface area contributed by atoms with Crippen molar-refractivity contribution in [1.29, 1.82) is 5.26 Å². The lowest BCUT2D eigenvalue weighted by atomic mass is 9.77. The minimum Gasteiger partial charge on any atom is -0.454 e. The number of nitrogens with zero attached hydrogens (tertiary/aromatic N) is 3. The van der Waals surface area contributed by atoms with Crippen molar-refractivity contribution >= 4 is 27.6 Å². The highest BCUT2D eigenvalue weighted by Crippen LogP contribution is 2.46. The minimum atomic E-state index is 0.0414. The maximum atomic E-state index is 9.38. The van der Waals surface area contributed by atoms with E-state index in [1.165, 1.54) is 27.9 Å². The summed E-state index contributed by atoms with van der Waals surface area (Å²) in [6, 6.07) is 41.2. The molecule has 0 saturated carbocycles. The van der Waals surface area contributed by atoms with E-state index in [4.69, 9.17) is 11.0 Å². The van der Waals surface area contributed by atoms with Crippen LogP contribution >= 0.6 is 0 Å². The van der Waals surface area contributed by atoms with Gasteiger partial charge in [0.15, 0.2) is 24.1 Å². The number of rotatable bonds is 1. The van der Waals surface area contributed by atoms with Crippen LogP contribution in [0.3, 0.4) is 0 Å². The van der Waals surface area contributed by atoms with Crippen LogP contribution in [0, 0.1) is 11.3 Å². The molecule has 0 aliphatic carbocycles. The van der Waals surface area contributed by atoms with Gasteiger partial charge in [0.2, 0.25) is 11.4 Å². The zero-order chi connectivity index (χ0) is 34.1. The van der Waals surface area contributed by atoms with Gasteiger partial charge in [0, 0.05) is 51.6 Å². The summed E-state index contributed by atoms with van der Waals surface area (Å²) in [5.74, 6) is 0.309. The number of hydrogen-bond acceptors (Lipinski definition) is 2. The highest BCUT2D eigenvalue weighted by molar-refractivity contribution is 6.13. The van der Waals surface area contributed by atoms with E-state index in [1.807, 2.05) is 24.3 Å². The molecule has 242 valence electrons. The third-order valence-corrected chi connectivity index (χ3v) is 11.0. The van der Waals surface area contributed by atoms with Crippen molar-refractivity contribution in [2.24, 2.45) is 0 Å². The van der Waals surface area contributed by atoms with E-state index in [9.17, 15) is 5.26 Å². The molecule has 9 rings (SSSR count). The van der Waals surface area contributed by atoms with Gasteiger partial charge in [0.1, 0.15) is 11.2 Å². The zero-order valence-electron chi connectivity index (χ0n) is 28.8. The van der Waals surface area contributed by atoms with Crippen LogP contribution in [-0.2, 0) is 11.8 Å². The zero-order valence-corrected chi connectivity index (χ0v) is 28.8. The monoisotopic (exact) mass is 649 g/mol.